The Morgan fingerprint density at radius 2 is 1.67 bits per heavy atom. The maximum Gasteiger partial charge on any atom is 0.0701 e. The highest BCUT2D eigenvalue weighted by atomic mass is 16.5. The summed E-state index contributed by atoms with van der Waals surface area (Å²) in [5, 5.41) is 8.45. The molecule has 15 heavy (non-hydrogen) atoms. The van der Waals surface area contributed by atoms with E-state index >= 15 is 0 Å². The van der Waals surface area contributed by atoms with E-state index in [0.717, 1.165) is 19.7 Å². The zero-order valence-electron chi connectivity index (χ0n) is 10.1. The molecule has 0 amide bonds. The summed E-state index contributed by atoms with van der Waals surface area (Å²) in [6.07, 6.45) is 2.48. The molecule has 0 aliphatic rings. The Morgan fingerprint density at radius 1 is 1.00 bits per heavy atom. The molecule has 0 heterocycles. The maximum atomic E-state index is 8.45. The van der Waals surface area contributed by atoms with Crippen molar-refractivity contribution >= 4 is 0 Å². The van der Waals surface area contributed by atoms with Crippen molar-refractivity contribution in [1.29, 1.82) is 0 Å². The molecule has 0 rings (SSSR count). The second-order valence-electron chi connectivity index (χ2n) is 3.61. The number of aliphatic hydroxyl groups excluding tert-OH is 1. The molecule has 0 aliphatic carbocycles. The van der Waals surface area contributed by atoms with Gasteiger partial charge in [0.15, 0.2) is 0 Å². The van der Waals surface area contributed by atoms with Crippen LogP contribution >= 0.6 is 0 Å². The molecule has 4 nitrogen and oxygen atoms in total. The van der Waals surface area contributed by atoms with Gasteiger partial charge >= 0.3 is 0 Å². The summed E-state index contributed by atoms with van der Waals surface area (Å²) in [6, 6.07) is 0. The molecule has 0 aliphatic heterocycles. The Labute approximate surface area is 93.2 Å². The molecule has 0 aromatic carbocycles. The number of hydrogen-bond donors (Lipinski definition) is 1. The fourth-order valence-electron chi connectivity index (χ4n) is 1.15. The second-order valence-corrected chi connectivity index (χ2v) is 3.61. The summed E-state index contributed by atoms with van der Waals surface area (Å²) in [4.78, 5) is 2.28. The van der Waals surface area contributed by atoms with Crippen LogP contribution in [0.4, 0.5) is 0 Å². The van der Waals surface area contributed by atoms with E-state index in [4.69, 9.17) is 14.6 Å². The van der Waals surface area contributed by atoms with Gasteiger partial charge in [0.05, 0.1) is 33.0 Å². The van der Waals surface area contributed by atoms with E-state index in [1.807, 2.05) is 0 Å². The van der Waals surface area contributed by atoms with Crippen LogP contribution in [-0.2, 0) is 9.47 Å². The number of aliphatic hydroxyl groups is 1. The number of hydrogen-bond acceptors (Lipinski definition) is 4. The molecular weight excluding hydrogens is 194 g/mol. The average molecular weight is 219 g/mol. The first kappa shape index (κ1) is 14.8. The van der Waals surface area contributed by atoms with Gasteiger partial charge in [-0.3, -0.25) is 0 Å². The van der Waals surface area contributed by atoms with Gasteiger partial charge in [0.1, 0.15) is 0 Å². The number of rotatable bonds is 11. The van der Waals surface area contributed by atoms with Crippen LogP contribution in [0.15, 0.2) is 0 Å². The molecule has 92 valence electrons. The fourth-order valence-corrected chi connectivity index (χ4v) is 1.15. The Hall–Kier alpha value is -0.160. The van der Waals surface area contributed by atoms with Crippen molar-refractivity contribution in [2.75, 3.05) is 53.2 Å². The molecular formula is C11H25NO3. The predicted molar refractivity (Wildman–Crippen MR) is 61.1 cm³/mol. The third kappa shape index (κ3) is 11.8. The van der Waals surface area contributed by atoms with E-state index < -0.39 is 0 Å². The first-order valence-corrected chi connectivity index (χ1v) is 5.76. The van der Waals surface area contributed by atoms with E-state index in [-0.39, 0.29) is 6.61 Å². The Bertz CT molecular complexity index is 122. The molecule has 0 saturated heterocycles. The molecule has 0 bridgehead atoms. The Morgan fingerprint density at radius 3 is 2.27 bits per heavy atom. The van der Waals surface area contributed by atoms with Gasteiger partial charge in [0, 0.05) is 6.54 Å². The van der Waals surface area contributed by atoms with Crippen LogP contribution < -0.4 is 0 Å². The largest absolute Gasteiger partial charge is 0.394 e. The number of ether oxygens (including phenoxy) is 2. The van der Waals surface area contributed by atoms with Gasteiger partial charge in [-0.1, -0.05) is 13.3 Å². The fraction of sp³-hybridized carbons (Fsp3) is 1.00. The van der Waals surface area contributed by atoms with Gasteiger partial charge in [0.25, 0.3) is 0 Å². The highest BCUT2D eigenvalue weighted by Gasteiger charge is 1.96. The first-order chi connectivity index (χ1) is 7.31. The van der Waals surface area contributed by atoms with Gasteiger partial charge < -0.3 is 19.5 Å². The van der Waals surface area contributed by atoms with Crippen LogP contribution in [0.2, 0.25) is 0 Å². The van der Waals surface area contributed by atoms with E-state index in [0.29, 0.717) is 19.8 Å². The van der Waals surface area contributed by atoms with Crippen LogP contribution in [0.25, 0.3) is 0 Å². The summed E-state index contributed by atoms with van der Waals surface area (Å²) in [6.45, 7) is 6.73. The lowest BCUT2D eigenvalue weighted by Crippen LogP contribution is -2.24. The molecule has 0 aromatic rings. The predicted octanol–water partition coefficient (Wildman–Crippen LogP) is 0.744. The Kier molecular flexibility index (Phi) is 11.8. The van der Waals surface area contributed by atoms with Crippen molar-refractivity contribution < 1.29 is 14.6 Å². The van der Waals surface area contributed by atoms with Crippen LogP contribution in [0.1, 0.15) is 19.8 Å². The minimum absolute atomic E-state index is 0.0831. The van der Waals surface area contributed by atoms with Crippen LogP contribution in [0.3, 0.4) is 0 Å². The van der Waals surface area contributed by atoms with Crippen molar-refractivity contribution in [2.45, 2.75) is 19.8 Å². The highest BCUT2D eigenvalue weighted by molar-refractivity contribution is 4.49. The lowest BCUT2D eigenvalue weighted by atomic mass is 10.3. The second kappa shape index (κ2) is 11.9. The van der Waals surface area contributed by atoms with Gasteiger partial charge in [0.2, 0.25) is 0 Å². The zero-order chi connectivity index (χ0) is 11.4. The minimum atomic E-state index is 0.0831. The van der Waals surface area contributed by atoms with E-state index in [1.54, 1.807) is 0 Å². The number of likely N-dealkylation sites (N-methyl/N-ethyl adjacent to an activating group) is 1. The van der Waals surface area contributed by atoms with Crippen molar-refractivity contribution in [2.24, 2.45) is 0 Å². The van der Waals surface area contributed by atoms with Crippen LogP contribution in [0, 0.1) is 0 Å². The molecule has 4 heteroatoms. The third-order valence-corrected chi connectivity index (χ3v) is 2.12. The van der Waals surface area contributed by atoms with Gasteiger partial charge in [-0.2, -0.15) is 0 Å². The molecule has 0 aromatic heterocycles. The quantitative estimate of drug-likeness (QED) is 0.521. The molecule has 0 fully saturated rings. The summed E-state index contributed by atoms with van der Waals surface area (Å²) in [5.41, 5.74) is 0. The van der Waals surface area contributed by atoms with Crippen LogP contribution in [-0.4, -0.2) is 63.2 Å². The van der Waals surface area contributed by atoms with Crippen molar-refractivity contribution in [3.8, 4) is 0 Å². The van der Waals surface area contributed by atoms with Gasteiger partial charge in [-0.05, 0) is 20.0 Å². The summed E-state index contributed by atoms with van der Waals surface area (Å²) >= 11 is 0. The molecule has 0 saturated carbocycles. The maximum absolute atomic E-state index is 8.45. The molecule has 1 N–H and O–H groups in total. The lowest BCUT2D eigenvalue weighted by molar-refractivity contribution is 0.0281. The zero-order valence-corrected chi connectivity index (χ0v) is 10.1. The number of nitrogens with zero attached hydrogens (tertiary/aromatic N) is 1. The van der Waals surface area contributed by atoms with E-state index in [9.17, 15) is 0 Å². The third-order valence-electron chi connectivity index (χ3n) is 2.12. The SMILES string of the molecule is CCCCN(C)CCOCCOCCO. The van der Waals surface area contributed by atoms with Crippen molar-refractivity contribution in [3.63, 3.8) is 0 Å². The molecule has 0 radical (unpaired) electrons. The average Bonchev–Trinajstić information content (AvgIpc) is 2.25. The van der Waals surface area contributed by atoms with E-state index in [2.05, 4.69) is 18.9 Å². The van der Waals surface area contributed by atoms with Gasteiger partial charge in [-0.15, -0.1) is 0 Å². The summed E-state index contributed by atoms with van der Waals surface area (Å²) < 4.78 is 10.4. The molecule has 0 spiro atoms. The number of unbranched alkanes of at least 4 members (excludes halogenated alkanes) is 1. The highest BCUT2D eigenvalue weighted by Crippen LogP contribution is 1.91. The lowest BCUT2D eigenvalue weighted by Gasteiger charge is -2.15. The minimum Gasteiger partial charge on any atom is -0.394 e. The smallest absolute Gasteiger partial charge is 0.0701 e. The monoisotopic (exact) mass is 219 g/mol. The first-order valence-electron chi connectivity index (χ1n) is 5.76. The topological polar surface area (TPSA) is 41.9 Å². The summed E-state index contributed by atoms with van der Waals surface area (Å²) in [7, 11) is 2.11. The standard InChI is InChI=1S/C11H25NO3/c1-3-4-5-12(2)6-8-14-10-11-15-9-7-13/h13H,3-11H2,1-2H3. The van der Waals surface area contributed by atoms with Gasteiger partial charge in [-0.25, -0.2) is 0 Å². The van der Waals surface area contributed by atoms with Crippen molar-refractivity contribution in [1.82, 2.24) is 4.90 Å². The Balaban J connectivity index is 3.02. The normalized spacial score (nSPS) is 11.2. The molecule has 0 atom stereocenters. The summed E-state index contributed by atoms with van der Waals surface area (Å²) in [5.74, 6) is 0. The molecule has 0 unspecified atom stereocenters. The van der Waals surface area contributed by atoms with E-state index in [1.165, 1.54) is 12.8 Å². The van der Waals surface area contributed by atoms with Crippen molar-refractivity contribution in [3.05, 3.63) is 0 Å². The van der Waals surface area contributed by atoms with Crippen LogP contribution in [0.5, 0.6) is 0 Å².